The summed E-state index contributed by atoms with van der Waals surface area (Å²) < 4.78 is 7.69. The van der Waals surface area contributed by atoms with Gasteiger partial charge in [-0.15, -0.1) is 0 Å². The number of amides is 1. The summed E-state index contributed by atoms with van der Waals surface area (Å²) in [6, 6.07) is 0. The first-order valence-electron chi connectivity index (χ1n) is 5.32. The van der Waals surface area contributed by atoms with E-state index in [9.17, 15) is 4.79 Å². The highest BCUT2D eigenvalue weighted by Gasteiger charge is 2.23. The van der Waals surface area contributed by atoms with Crippen molar-refractivity contribution in [2.24, 2.45) is 0 Å². The summed E-state index contributed by atoms with van der Waals surface area (Å²) in [6.45, 7) is 5.19. The number of carbonyl (C=O) groups excluding carboxylic acids is 1. The molecule has 0 radical (unpaired) electrons. The topological polar surface area (TPSA) is 47.4 Å². The van der Waals surface area contributed by atoms with Crippen LogP contribution in [0.1, 0.15) is 17.4 Å². The Bertz CT molecular complexity index is 385. The van der Waals surface area contributed by atoms with E-state index in [0.29, 0.717) is 38.5 Å². The van der Waals surface area contributed by atoms with E-state index >= 15 is 0 Å². The van der Waals surface area contributed by atoms with Crippen LogP contribution < -0.4 is 0 Å². The van der Waals surface area contributed by atoms with Crippen LogP contribution in [0.5, 0.6) is 0 Å². The van der Waals surface area contributed by atoms with Crippen molar-refractivity contribution in [1.29, 1.82) is 0 Å². The fraction of sp³-hybridized carbons (Fsp3) is 0.600. The lowest BCUT2D eigenvalue weighted by Gasteiger charge is -2.27. The standard InChI is InChI=1S/C10H14BrN3O2/c1-2-14-9(8(11)7-12-14)10(15)13-3-5-16-6-4-13/h7H,2-6H2,1H3. The molecule has 1 fully saturated rings. The molecule has 88 valence electrons. The summed E-state index contributed by atoms with van der Waals surface area (Å²) in [4.78, 5) is 14.0. The second kappa shape index (κ2) is 4.97. The van der Waals surface area contributed by atoms with Crippen molar-refractivity contribution in [3.8, 4) is 0 Å². The van der Waals surface area contributed by atoms with Crippen LogP contribution in [-0.2, 0) is 11.3 Å². The van der Waals surface area contributed by atoms with Crippen LogP contribution in [0.2, 0.25) is 0 Å². The minimum Gasteiger partial charge on any atom is -0.378 e. The molecule has 2 heterocycles. The van der Waals surface area contributed by atoms with Crippen LogP contribution in [0.25, 0.3) is 0 Å². The van der Waals surface area contributed by atoms with E-state index in [1.807, 2.05) is 6.92 Å². The third kappa shape index (κ3) is 2.12. The lowest BCUT2D eigenvalue weighted by molar-refractivity contribution is 0.0294. The average molecular weight is 288 g/mol. The van der Waals surface area contributed by atoms with Gasteiger partial charge in [-0.1, -0.05) is 0 Å². The minimum absolute atomic E-state index is 0.0227. The minimum atomic E-state index is 0.0227. The highest BCUT2D eigenvalue weighted by molar-refractivity contribution is 9.10. The van der Waals surface area contributed by atoms with Crippen molar-refractivity contribution >= 4 is 21.8 Å². The monoisotopic (exact) mass is 287 g/mol. The molecule has 0 bridgehead atoms. The first-order chi connectivity index (χ1) is 7.74. The summed E-state index contributed by atoms with van der Waals surface area (Å²) in [6.07, 6.45) is 1.66. The van der Waals surface area contributed by atoms with Crippen LogP contribution in [0.15, 0.2) is 10.7 Å². The fourth-order valence-electron chi connectivity index (χ4n) is 1.73. The van der Waals surface area contributed by atoms with Crippen LogP contribution in [0, 0.1) is 0 Å². The van der Waals surface area contributed by atoms with E-state index < -0.39 is 0 Å². The fourth-order valence-corrected chi connectivity index (χ4v) is 2.20. The maximum Gasteiger partial charge on any atom is 0.273 e. The van der Waals surface area contributed by atoms with Crippen molar-refractivity contribution in [3.05, 3.63) is 16.4 Å². The van der Waals surface area contributed by atoms with Gasteiger partial charge in [0.25, 0.3) is 5.91 Å². The number of rotatable bonds is 2. The van der Waals surface area contributed by atoms with Gasteiger partial charge in [0, 0.05) is 19.6 Å². The van der Waals surface area contributed by atoms with Crippen molar-refractivity contribution in [2.75, 3.05) is 26.3 Å². The van der Waals surface area contributed by atoms with Gasteiger partial charge in [0.2, 0.25) is 0 Å². The molecular formula is C10H14BrN3O2. The molecule has 0 spiro atoms. The van der Waals surface area contributed by atoms with Gasteiger partial charge in [-0.3, -0.25) is 9.48 Å². The van der Waals surface area contributed by atoms with E-state index in [4.69, 9.17) is 4.74 Å². The van der Waals surface area contributed by atoms with Crippen molar-refractivity contribution in [1.82, 2.24) is 14.7 Å². The Morgan fingerprint density at radius 2 is 2.25 bits per heavy atom. The Morgan fingerprint density at radius 1 is 1.56 bits per heavy atom. The van der Waals surface area contributed by atoms with Gasteiger partial charge in [0.05, 0.1) is 23.9 Å². The number of morpholine rings is 1. The molecule has 0 aliphatic carbocycles. The normalized spacial score (nSPS) is 16.5. The average Bonchev–Trinajstić information content (AvgIpc) is 2.70. The SMILES string of the molecule is CCn1ncc(Br)c1C(=O)N1CCOCC1. The molecule has 1 aromatic heterocycles. The van der Waals surface area contributed by atoms with Gasteiger partial charge in [-0.05, 0) is 22.9 Å². The number of carbonyl (C=O) groups is 1. The first kappa shape index (κ1) is 11.6. The molecule has 0 atom stereocenters. The van der Waals surface area contributed by atoms with Crippen molar-refractivity contribution in [2.45, 2.75) is 13.5 Å². The highest BCUT2D eigenvalue weighted by Crippen LogP contribution is 2.18. The molecule has 1 amide bonds. The molecule has 2 rings (SSSR count). The molecule has 1 aliphatic heterocycles. The van der Waals surface area contributed by atoms with Gasteiger partial charge in [-0.25, -0.2) is 0 Å². The maximum atomic E-state index is 12.2. The Hall–Kier alpha value is -0.880. The van der Waals surface area contributed by atoms with Gasteiger partial charge in [-0.2, -0.15) is 5.10 Å². The molecule has 6 heteroatoms. The van der Waals surface area contributed by atoms with Crippen molar-refractivity contribution < 1.29 is 9.53 Å². The third-order valence-electron chi connectivity index (χ3n) is 2.60. The largest absolute Gasteiger partial charge is 0.378 e. The van der Waals surface area contributed by atoms with E-state index in [0.717, 1.165) is 4.47 Å². The van der Waals surface area contributed by atoms with Crippen LogP contribution in [-0.4, -0.2) is 46.9 Å². The molecule has 0 unspecified atom stereocenters. The maximum absolute atomic E-state index is 12.2. The Kier molecular flexibility index (Phi) is 3.60. The quantitative estimate of drug-likeness (QED) is 0.820. The molecule has 0 aromatic carbocycles. The summed E-state index contributed by atoms with van der Waals surface area (Å²) in [5.41, 5.74) is 0.629. The van der Waals surface area contributed by atoms with E-state index in [1.54, 1.807) is 15.8 Å². The molecule has 1 aliphatic rings. The van der Waals surface area contributed by atoms with Gasteiger partial charge in [0.1, 0.15) is 5.69 Å². The Balaban J connectivity index is 2.21. The van der Waals surface area contributed by atoms with Gasteiger partial charge >= 0.3 is 0 Å². The van der Waals surface area contributed by atoms with E-state index in [-0.39, 0.29) is 5.91 Å². The number of aromatic nitrogens is 2. The smallest absolute Gasteiger partial charge is 0.273 e. The zero-order valence-electron chi connectivity index (χ0n) is 9.15. The molecular weight excluding hydrogens is 274 g/mol. The first-order valence-corrected chi connectivity index (χ1v) is 6.11. The molecule has 1 aromatic rings. The summed E-state index contributed by atoms with van der Waals surface area (Å²) in [7, 11) is 0. The second-order valence-corrected chi connectivity index (χ2v) is 4.42. The Labute approximate surface area is 102 Å². The summed E-state index contributed by atoms with van der Waals surface area (Å²) >= 11 is 3.36. The zero-order valence-corrected chi connectivity index (χ0v) is 10.7. The number of hydrogen-bond donors (Lipinski definition) is 0. The summed E-state index contributed by atoms with van der Waals surface area (Å²) in [5, 5.41) is 4.14. The zero-order chi connectivity index (χ0) is 11.5. The number of hydrogen-bond acceptors (Lipinski definition) is 3. The molecule has 16 heavy (non-hydrogen) atoms. The predicted molar refractivity (Wildman–Crippen MR) is 62.3 cm³/mol. The predicted octanol–water partition coefficient (Wildman–Crippen LogP) is 1.14. The van der Waals surface area contributed by atoms with Gasteiger partial charge in [0.15, 0.2) is 0 Å². The highest BCUT2D eigenvalue weighted by atomic mass is 79.9. The van der Waals surface area contributed by atoms with Crippen LogP contribution >= 0.6 is 15.9 Å². The molecule has 0 saturated carbocycles. The Morgan fingerprint density at radius 3 is 2.88 bits per heavy atom. The van der Waals surface area contributed by atoms with E-state index in [1.165, 1.54) is 0 Å². The lowest BCUT2D eigenvalue weighted by atomic mass is 10.3. The number of aryl methyl sites for hydroxylation is 1. The summed E-state index contributed by atoms with van der Waals surface area (Å²) in [5.74, 6) is 0.0227. The number of ether oxygens (including phenoxy) is 1. The molecule has 5 nitrogen and oxygen atoms in total. The van der Waals surface area contributed by atoms with Crippen LogP contribution in [0.4, 0.5) is 0 Å². The number of halogens is 1. The third-order valence-corrected chi connectivity index (χ3v) is 3.18. The number of nitrogens with zero attached hydrogens (tertiary/aromatic N) is 3. The molecule has 1 saturated heterocycles. The van der Waals surface area contributed by atoms with Crippen molar-refractivity contribution in [3.63, 3.8) is 0 Å². The molecule has 0 N–H and O–H groups in total. The second-order valence-electron chi connectivity index (χ2n) is 3.56. The van der Waals surface area contributed by atoms with Crippen LogP contribution in [0.3, 0.4) is 0 Å². The lowest BCUT2D eigenvalue weighted by Crippen LogP contribution is -2.41. The van der Waals surface area contributed by atoms with E-state index in [2.05, 4.69) is 21.0 Å². The van der Waals surface area contributed by atoms with Gasteiger partial charge < -0.3 is 9.64 Å².